The predicted molar refractivity (Wildman–Crippen MR) is 82.6 cm³/mol. The van der Waals surface area contributed by atoms with Gasteiger partial charge in [-0.25, -0.2) is 4.98 Å². The summed E-state index contributed by atoms with van der Waals surface area (Å²) in [5.41, 5.74) is 2.38. The Morgan fingerprint density at radius 3 is 2.55 bits per heavy atom. The van der Waals surface area contributed by atoms with E-state index in [2.05, 4.69) is 9.97 Å². The third-order valence-corrected chi connectivity index (χ3v) is 3.49. The van der Waals surface area contributed by atoms with Gasteiger partial charge in [-0.3, -0.25) is 4.98 Å². The lowest BCUT2D eigenvalue weighted by atomic mass is 9.97. The summed E-state index contributed by atoms with van der Waals surface area (Å²) in [5, 5.41) is 20.1. The van der Waals surface area contributed by atoms with Gasteiger partial charge in [0, 0.05) is 17.8 Å². The summed E-state index contributed by atoms with van der Waals surface area (Å²) in [6, 6.07) is 8.55. The van der Waals surface area contributed by atoms with Crippen LogP contribution in [0.5, 0.6) is 11.5 Å². The molecular formula is C17H16N2O3. The third-order valence-electron chi connectivity index (χ3n) is 3.49. The number of aromatic nitrogens is 2. The topological polar surface area (TPSA) is 79.4 Å². The lowest BCUT2D eigenvalue weighted by Gasteiger charge is -2.12. The zero-order valence-electron chi connectivity index (χ0n) is 12.3. The number of phenolic OH excluding ortho intramolecular Hbond substituents is 2. The van der Waals surface area contributed by atoms with Gasteiger partial charge in [-0.05, 0) is 29.7 Å². The van der Waals surface area contributed by atoms with Gasteiger partial charge < -0.3 is 14.6 Å². The van der Waals surface area contributed by atoms with Crippen molar-refractivity contribution in [2.75, 3.05) is 0 Å². The fraction of sp³-hybridized carbons (Fsp3) is 0.176. The second-order valence-corrected chi connectivity index (χ2v) is 5.33. The van der Waals surface area contributed by atoms with E-state index < -0.39 is 0 Å². The molecule has 3 aromatic rings. The Morgan fingerprint density at radius 2 is 1.86 bits per heavy atom. The number of aromatic hydroxyl groups is 2. The van der Waals surface area contributed by atoms with Crippen molar-refractivity contribution in [2.24, 2.45) is 0 Å². The summed E-state index contributed by atoms with van der Waals surface area (Å²) >= 11 is 0. The normalized spacial score (nSPS) is 11.0. The van der Waals surface area contributed by atoms with Crippen LogP contribution in [0.15, 0.2) is 47.3 Å². The molecule has 5 heteroatoms. The standard InChI is InChI=1S/C17H16N2O3/c1-10(2)11-7-12(15(21)8-14(11)20)16-17(22-9-19-16)13-5-3-4-6-18-13/h3-10,20-21H,1-2H3. The van der Waals surface area contributed by atoms with E-state index in [4.69, 9.17) is 4.42 Å². The molecule has 2 heterocycles. The second kappa shape index (κ2) is 5.52. The number of hydrogen-bond donors (Lipinski definition) is 2. The molecule has 0 unspecified atom stereocenters. The zero-order chi connectivity index (χ0) is 15.7. The molecule has 2 N–H and O–H groups in total. The predicted octanol–water partition coefficient (Wildman–Crippen LogP) is 3.94. The SMILES string of the molecule is CC(C)c1cc(-c2ncoc2-c2ccccn2)c(O)cc1O. The average Bonchev–Trinajstić information content (AvgIpc) is 2.97. The van der Waals surface area contributed by atoms with Gasteiger partial charge in [0.25, 0.3) is 0 Å². The molecule has 0 radical (unpaired) electrons. The summed E-state index contributed by atoms with van der Waals surface area (Å²) in [7, 11) is 0. The summed E-state index contributed by atoms with van der Waals surface area (Å²) in [6.07, 6.45) is 2.98. The Kier molecular flexibility index (Phi) is 3.55. The van der Waals surface area contributed by atoms with Crippen molar-refractivity contribution in [2.45, 2.75) is 19.8 Å². The van der Waals surface area contributed by atoms with Crippen LogP contribution in [0.1, 0.15) is 25.3 Å². The van der Waals surface area contributed by atoms with Gasteiger partial charge in [-0.1, -0.05) is 19.9 Å². The molecule has 0 amide bonds. The van der Waals surface area contributed by atoms with E-state index in [0.29, 0.717) is 22.7 Å². The lowest BCUT2D eigenvalue weighted by Crippen LogP contribution is -1.92. The number of benzene rings is 1. The van der Waals surface area contributed by atoms with Gasteiger partial charge in [0.15, 0.2) is 12.2 Å². The molecule has 0 fully saturated rings. The maximum atomic E-state index is 10.2. The maximum Gasteiger partial charge on any atom is 0.182 e. The Balaban J connectivity index is 2.18. The van der Waals surface area contributed by atoms with Gasteiger partial charge in [-0.15, -0.1) is 0 Å². The van der Waals surface area contributed by atoms with E-state index >= 15 is 0 Å². The Hall–Kier alpha value is -2.82. The van der Waals surface area contributed by atoms with Crippen LogP contribution in [0.4, 0.5) is 0 Å². The van der Waals surface area contributed by atoms with Crippen LogP contribution in [-0.4, -0.2) is 20.2 Å². The number of nitrogens with zero attached hydrogens (tertiary/aromatic N) is 2. The molecule has 22 heavy (non-hydrogen) atoms. The largest absolute Gasteiger partial charge is 0.508 e. The van der Waals surface area contributed by atoms with E-state index in [9.17, 15) is 10.2 Å². The van der Waals surface area contributed by atoms with Gasteiger partial charge in [0.1, 0.15) is 22.9 Å². The van der Waals surface area contributed by atoms with Crippen molar-refractivity contribution in [3.8, 4) is 34.2 Å². The summed E-state index contributed by atoms with van der Waals surface area (Å²) in [6.45, 7) is 3.94. The minimum Gasteiger partial charge on any atom is -0.508 e. The summed E-state index contributed by atoms with van der Waals surface area (Å²) < 4.78 is 5.44. The molecule has 5 nitrogen and oxygen atoms in total. The van der Waals surface area contributed by atoms with Crippen molar-refractivity contribution in [3.05, 3.63) is 48.5 Å². The van der Waals surface area contributed by atoms with Crippen LogP contribution in [-0.2, 0) is 0 Å². The van der Waals surface area contributed by atoms with Crippen LogP contribution < -0.4 is 0 Å². The fourth-order valence-electron chi connectivity index (χ4n) is 2.36. The van der Waals surface area contributed by atoms with Crippen LogP contribution in [0.2, 0.25) is 0 Å². The van der Waals surface area contributed by atoms with E-state index in [1.165, 1.54) is 12.5 Å². The van der Waals surface area contributed by atoms with Crippen LogP contribution in [0.3, 0.4) is 0 Å². The number of phenols is 2. The molecule has 0 aliphatic heterocycles. The molecule has 0 saturated carbocycles. The second-order valence-electron chi connectivity index (χ2n) is 5.33. The first-order chi connectivity index (χ1) is 10.6. The van der Waals surface area contributed by atoms with Crippen molar-refractivity contribution in [1.29, 1.82) is 0 Å². The maximum absolute atomic E-state index is 10.2. The highest BCUT2D eigenvalue weighted by atomic mass is 16.3. The highest BCUT2D eigenvalue weighted by Gasteiger charge is 2.19. The zero-order valence-corrected chi connectivity index (χ0v) is 12.3. The summed E-state index contributed by atoms with van der Waals surface area (Å²) in [5.74, 6) is 0.618. The van der Waals surface area contributed by atoms with E-state index in [1.54, 1.807) is 12.3 Å². The number of oxazole rings is 1. The van der Waals surface area contributed by atoms with Gasteiger partial charge >= 0.3 is 0 Å². The average molecular weight is 296 g/mol. The molecule has 0 aliphatic rings. The monoisotopic (exact) mass is 296 g/mol. The molecule has 3 rings (SSSR count). The minimum atomic E-state index is -0.0482. The molecule has 0 saturated heterocycles. The van der Waals surface area contributed by atoms with E-state index in [0.717, 1.165) is 5.56 Å². The van der Waals surface area contributed by atoms with Crippen molar-refractivity contribution < 1.29 is 14.6 Å². The first kappa shape index (κ1) is 14.1. The van der Waals surface area contributed by atoms with Crippen molar-refractivity contribution in [1.82, 2.24) is 9.97 Å². The smallest absolute Gasteiger partial charge is 0.182 e. The van der Waals surface area contributed by atoms with E-state index in [1.807, 2.05) is 32.0 Å². The molecule has 1 aromatic carbocycles. The highest BCUT2D eigenvalue weighted by Crippen LogP contribution is 2.40. The quantitative estimate of drug-likeness (QED) is 0.765. The molecule has 0 atom stereocenters. The Bertz CT molecular complexity index is 795. The van der Waals surface area contributed by atoms with Gasteiger partial charge in [0.05, 0.1) is 0 Å². The van der Waals surface area contributed by atoms with Gasteiger partial charge in [0.2, 0.25) is 0 Å². The van der Waals surface area contributed by atoms with Crippen molar-refractivity contribution >= 4 is 0 Å². The summed E-state index contributed by atoms with van der Waals surface area (Å²) in [4.78, 5) is 8.45. The molecule has 2 aromatic heterocycles. The van der Waals surface area contributed by atoms with Crippen LogP contribution in [0.25, 0.3) is 22.7 Å². The number of pyridine rings is 1. The van der Waals surface area contributed by atoms with Crippen LogP contribution in [0, 0.1) is 0 Å². The molecule has 0 aliphatic carbocycles. The fourth-order valence-corrected chi connectivity index (χ4v) is 2.36. The minimum absolute atomic E-state index is 0.0482. The first-order valence-electron chi connectivity index (χ1n) is 6.99. The van der Waals surface area contributed by atoms with Crippen LogP contribution >= 0.6 is 0 Å². The molecule has 0 bridgehead atoms. The molecule has 112 valence electrons. The van der Waals surface area contributed by atoms with Gasteiger partial charge in [-0.2, -0.15) is 0 Å². The number of rotatable bonds is 3. The third kappa shape index (κ3) is 2.41. The number of hydrogen-bond acceptors (Lipinski definition) is 5. The lowest BCUT2D eigenvalue weighted by molar-refractivity contribution is 0.445. The Morgan fingerprint density at radius 1 is 1.05 bits per heavy atom. The van der Waals surface area contributed by atoms with Crippen molar-refractivity contribution in [3.63, 3.8) is 0 Å². The molecule has 0 spiro atoms. The molecular weight excluding hydrogens is 280 g/mol. The Labute approximate surface area is 127 Å². The highest BCUT2D eigenvalue weighted by molar-refractivity contribution is 5.79. The van der Waals surface area contributed by atoms with E-state index in [-0.39, 0.29) is 17.4 Å². The first-order valence-corrected chi connectivity index (χ1v) is 6.99.